The van der Waals surface area contributed by atoms with Gasteiger partial charge in [-0.3, -0.25) is 4.55 Å². The van der Waals surface area contributed by atoms with Gasteiger partial charge in [0.05, 0.1) is 0 Å². The molecule has 0 fully saturated rings. The number of rotatable bonds is 3. The Bertz CT molecular complexity index is 762. The van der Waals surface area contributed by atoms with E-state index in [1.807, 2.05) is 0 Å². The second-order valence-electron chi connectivity index (χ2n) is 3.71. The van der Waals surface area contributed by atoms with Crippen LogP contribution in [0.1, 0.15) is 0 Å². The summed E-state index contributed by atoms with van der Waals surface area (Å²) in [5.41, 5.74) is 0. The number of carbonyl (C=O) groups is 1. The minimum absolute atomic E-state index is 0.230. The highest BCUT2D eigenvalue weighted by atomic mass is 32.2. The first-order valence-corrected chi connectivity index (χ1v) is 6.71. The van der Waals surface area contributed by atoms with E-state index in [4.69, 9.17) is 4.74 Å². The van der Waals surface area contributed by atoms with E-state index < -0.39 is 21.0 Å². The number of hydrogen-bond donors (Lipinski definition) is 1. The van der Waals surface area contributed by atoms with Crippen molar-refractivity contribution in [2.45, 2.75) is 4.90 Å². The Balaban J connectivity index is 2.78. The van der Waals surface area contributed by atoms with Crippen LogP contribution in [0.2, 0.25) is 0 Å². The molecule has 2 aromatic carbocycles. The van der Waals surface area contributed by atoms with Gasteiger partial charge >= 0.3 is 5.97 Å². The minimum Gasteiger partial charge on any atom is -0.422 e. The summed E-state index contributed by atoms with van der Waals surface area (Å²) in [5, 5.41) is 0.882. The number of fused-ring (bicyclic) bond motifs is 1. The molecule has 0 bridgehead atoms. The summed E-state index contributed by atoms with van der Waals surface area (Å²) in [6.45, 7) is 3.22. The first-order valence-electron chi connectivity index (χ1n) is 5.27. The maximum atomic E-state index is 11.5. The normalized spacial score (nSPS) is 11.2. The van der Waals surface area contributed by atoms with Gasteiger partial charge in [-0.05, 0) is 11.5 Å². The van der Waals surface area contributed by atoms with Crippen LogP contribution in [0.15, 0.2) is 53.9 Å². The molecular formula is C13H10O5S. The molecule has 0 saturated carbocycles. The van der Waals surface area contributed by atoms with Crippen LogP contribution in [0, 0.1) is 0 Å². The van der Waals surface area contributed by atoms with Crippen molar-refractivity contribution in [3.8, 4) is 5.75 Å². The molecule has 0 aliphatic carbocycles. The monoisotopic (exact) mass is 278 g/mol. The molecule has 0 amide bonds. The third kappa shape index (κ3) is 2.64. The molecule has 0 heterocycles. The predicted molar refractivity (Wildman–Crippen MR) is 69.6 cm³/mol. The van der Waals surface area contributed by atoms with Gasteiger partial charge in [-0.2, -0.15) is 8.42 Å². The van der Waals surface area contributed by atoms with Crippen molar-refractivity contribution in [3.63, 3.8) is 0 Å². The average Bonchev–Trinajstić information content (AvgIpc) is 2.36. The third-order valence-electron chi connectivity index (χ3n) is 2.48. The SMILES string of the molecule is C=CC(=O)Oc1ccc2ccccc2c1S(=O)(=O)O. The summed E-state index contributed by atoms with van der Waals surface area (Å²) in [4.78, 5) is 10.7. The largest absolute Gasteiger partial charge is 0.422 e. The first kappa shape index (κ1) is 13.3. The van der Waals surface area contributed by atoms with Gasteiger partial charge in [-0.15, -0.1) is 0 Å². The molecule has 6 heteroatoms. The number of benzene rings is 2. The maximum absolute atomic E-state index is 11.5. The van der Waals surface area contributed by atoms with Crippen LogP contribution in [0.3, 0.4) is 0 Å². The zero-order valence-electron chi connectivity index (χ0n) is 9.74. The van der Waals surface area contributed by atoms with E-state index in [0.29, 0.717) is 5.39 Å². The van der Waals surface area contributed by atoms with Gasteiger partial charge in [0.1, 0.15) is 4.90 Å². The maximum Gasteiger partial charge on any atom is 0.335 e. The van der Waals surface area contributed by atoms with Crippen molar-refractivity contribution in [2.24, 2.45) is 0 Å². The molecule has 0 radical (unpaired) electrons. The fourth-order valence-electron chi connectivity index (χ4n) is 1.72. The standard InChI is InChI=1S/C13H10O5S/c1-2-12(14)18-11-8-7-9-5-3-4-6-10(9)13(11)19(15,16)17/h2-8H,1H2,(H,15,16,17). The highest BCUT2D eigenvalue weighted by Crippen LogP contribution is 2.32. The number of hydrogen-bond acceptors (Lipinski definition) is 4. The molecule has 98 valence electrons. The van der Waals surface area contributed by atoms with Crippen molar-refractivity contribution in [1.29, 1.82) is 0 Å². The summed E-state index contributed by atoms with van der Waals surface area (Å²) in [5.74, 6) is -1.04. The van der Waals surface area contributed by atoms with E-state index in [1.165, 1.54) is 12.1 Å². The molecule has 0 unspecified atom stereocenters. The van der Waals surface area contributed by atoms with Crippen LogP contribution in [0.4, 0.5) is 0 Å². The lowest BCUT2D eigenvalue weighted by molar-refractivity contribution is -0.129. The summed E-state index contributed by atoms with van der Waals surface area (Å²) in [6.07, 6.45) is 0.906. The van der Waals surface area contributed by atoms with Crippen LogP contribution in [0.5, 0.6) is 5.75 Å². The predicted octanol–water partition coefficient (Wildman–Crippen LogP) is 2.18. The highest BCUT2D eigenvalue weighted by molar-refractivity contribution is 7.86. The molecule has 0 atom stereocenters. The summed E-state index contributed by atoms with van der Waals surface area (Å²) in [7, 11) is -4.53. The second kappa shape index (κ2) is 4.83. The van der Waals surface area contributed by atoms with Gasteiger partial charge in [0, 0.05) is 11.5 Å². The van der Waals surface area contributed by atoms with E-state index in [0.717, 1.165) is 6.08 Å². The quantitative estimate of drug-likeness (QED) is 0.403. The minimum atomic E-state index is -4.53. The Hall–Kier alpha value is -2.18. The summed E-state index contributed by atoms with van der Waals surface area (Å²) in [6, 6.07) is 9.46. The molecule has 1 N–H and O–H groups in total. The van der Waals surface area contributed by atoms with Crippen molar-refractivity contribution < 1.29 is 22.5 Å². The fourth-order valence-corrected chi connectivity index (χ4v) is 2.55. The van der Waals surface area contributed by atoms with Crippen molar-refractivity contribution in [1.82, 2.24) is 0 Å². The van der Waals surface area contributed by atoms with Crippen molar-refractivity contribution >= 4 is 26.9 Å². The molecule has 0 spiro atoms. The molecule has 0 aliphatic rings. The molecule has 2 rings (SSSR count). The molecule has 5 nitrogen and oxygen atoms in total. The number of esters is 1. The third-order valence-corrected chi connectivity index (χ3v) is 3.42. The average molecular weight is 278 g/mol. The Morgan fingerprint density at radius 1 is 1.21 bits per heavy atom. The summed E-state index contributed by atoms with van der Waals surface area (Å²) < 4.78 is 37.1. The second-order valence-corrected chi connectivity index (χ2v) is 5.07. The number of ether oxygens (including phenoxy) is 1. The molecule has 19 heavy (non-hydrogen) atoms. The van der Waals surface area contributed by atoms with Gasteiger partial charge in [0.15, 0.2) is 5.75 Å². The zero-order valence-corrected chi connectivity index (χ0v) is 10.6. The lowest BCUT2D eigenvalue weighted by Gasteiger charge is -2.09. The highest BCUT2D eigenvalue weighted by Gasteiger charge is 2.21. The summed E-state index contributed by atoms with van der Waals surface area (Å²) >= 11 is 0. The molecular weight excluding hydrogens is 268 g/mol. The van der Waals surface area contributed by atoms with E-state index in [2.05, 4.69) is 6.58 Å². The van der Waals surface area contributed by atoms with Crippen LogP contribution in [0.25, 0.3) is 10.8 Å². The lowest BCUT2D eigenvalue weighted by atomic mass is 10.1. The van der Waals surface area contributed by atoms with Gasteiger partial charge in [0.2, 0.25) is 0 Å². The van der Waals surface area contributed by atoms with Gasteiger partial charge < -0.3 is 4.74 Å². The zero-order chi connectivity index (χ0) is 14.0. The topological polar surface area (TPSA) is 80.7 Å². The molecule has 0 aromatic heterocycles. The Labute approximate surface area is 109 Å². The van der Waals surface area contributed by atoms with E-state index in [1.54, 1.807) is 24.3 Å². The van der Waals surface area contributed by atoms with E-state index in [9.17, 15) is 17.8 Å². The molecule has 0 saturated heterocycles. The van der Waals surface area contributed by atoms with Gasteiger partial charge in [-0.1, -0.05) is 36.9 Å². The van der Waals surface area contributed by atoms with Crippen molar-refractivity contribution in [3.05, 3.63) is 49.1 Å². The first-order chi connectivity index (χ1) is 8.93. The number of carbonyl (C=O) groups excluding carboxylic acids is 1. The van der Waals surface area contributed by atoms with Gasteiger partial charge in [-0.25, -0.2) is 4.79 Å². The Kier molecular flexibility index (Phi) is 3.37. The van der Waals surface area contributed by atoms with E-state index >= 15 is 0 Å². The van der Waals surface area contributed by atoms with Crippen LogP contribution in [-0.2, 0) is 14.9 Å². The fraction of sp³-hybridized carbons (Fsp3) is 0. The van der Waals surface area contributed by atoms with Gasteiger partial charge in [0.25, 0.3) is 10.1 Å². The molecule has 2 aromatic rings. The van der Waals surface area contributed by atoms with E-state index in [-0.39, 0.29) is 11.1 Å². The Morgan fingerprint density at radius 3 is 2.53 bits per heavy atom. The smallest absolute Gasteiger partial charge is 0.335 e. The Morgan fingerprint density at radius 2 is 1.89 bits per heavy atom. The van der Waals surface area contributed by atoms with Crippen molar-refractivity contribution in [2.75, 3.05) is 0 Å². The lowest BCUT2D eigenvalue weighted by Crippen LogP contribution is -2.08. The molecule has 0 aliphatic heterocycles. The van der Waals surface area contributed by atoms with Crippen LogP contribution >= 0.6 is 0 Å². The van der Waals surface area contributed by atoms with Crippen LogP contribution in [-0.4, -0.2) is 18.9 Å². The van der Waals surface area contributed by atoms with Crippen LogP contribution < -0.4 is 4.74 Å².